The van der Waals surface area contributed by atoms with Crippen molar-refractivity contribution in [2.45, 2.75) is 40.0 Å². The van der Waals surface area contributed by atoms with Crippen LogP contribution in [0.3, 0.4) is 0 Å². The molecule has 102 valence electrons. The minimum absolute atomic E-state index is 0.0754. The lowest BCUT2D eigenvalue weighted by molar-refractivity contribution is 0.0962. The van der Waals surface area contributed by atoms with Crippen LogP contribution < -0.4 is 5.32 Å². The smallest absolute Gasteiger partial charge is 0.262 e. The van der Waals surface area contributed by atoms with Gasteiger partial charge in [0.05, 0.1) is 10.9 Å². The van der Waals surface area contributed by atoms with E-state index in [0.717, 1.165) is 17.7 Å². The molecule has 1 aromatic rings. The minimum atomic E-state index is -0.117. The van der Waals surface area contributed by atoms with Crippen LogP contribution in [0.15, 0.2) is 6.07 Å². The molecule has 0 saturated carbocycles. The monoisotopic (exact) mass is 276 g/mol. The van der Waals surface area contributed by atoms with Crippen LogP contribution in [0.4, 0.5) is 0 Å². The molecule has 1 atom stereocenters. The summed E-state index contributed by atoms with van der Waals surface area (Å²) in [7, 11) is 0. The van der Waals surface area contributed by atoms with Gasteiger partial charge in [-0.1, -0.05) is 20.8 Å². The number of fused-ring (bicyclic) bond motifs is 1. The number of nitriles is 1. The van der Waals surface area contributed by atoms with E-state index in [2.05, 4.69) is 26.1 Å². The number of nitrogens with one attached hydrogen (secondary N) is 1. The number of nitrogens with zero attached hydrogens (tertiary/aromatic N) is 1. The van der Waals surface area contributed by atoms with Crippen LogP contribution in [0.1, 0.15) is 47.3 Å². The molecule has 1 aliphatic carbocycles. The maximum absolute atomic E-state index is 11.8. The van der Waals surface area contributed by atoms with Crippen molar-refractivity contribution in [1.82, 2.24) is 5.32 Å². The SMILES string of the molecule is CC(C)(C)C1CCc2sc(C(=O)NCC#N)cc2C1. The molecule has 0 fully saturated rings. The van der Waals surface area contributed by atoms with Gasteiger partial charge in [0.2, 0.25) is 0 Å². The van der Waals surface area contributed by atoms with Crippen LogP contribution in [0.25, 0.3) is 0 Å². The molecule has 3 nitrogen and oxygen atoms in total. The fourth-order valence-corrected chi connectivity index (χ4v) is 3.71. The van der Waals surface area contributed by atoms with E-state index in [1.165, 1.54) is 16.9 Å². The van der Waals surface area contributed by atoms with Crippen molar-refractivity contribution in [3.63, 3.8) is 0 Å². The fraction of sp³-hybridized carbons (Fsp3) is 0.600. The van der Waals surface area contributed by atoms with Gasteiger partial charge in [0.1, 0.15) is 6.54 Å². The highest BCUT2D eigenvalue weighted by Crippen LogP contribution is 2.39. The van der Waals surface area contributed by atoms with Gasteiger partial charge >= 0.3 is 0 Å². The first-order valence-corrected chi connectivity index (χ1v) is 7.50. The van der Waals surface area contributed by atoms with Gasteiger partial charge in [-0.3, -0.25) is 4.79 Å². The fourth-order valence-electron chi connectivity index (χ4n) is 2.58. The lowest BCUT2D eigenvalue weighted by Gasteiger charge is -2.33. The van der Waals surface area contributed by atoms with E-state index in [1.54, 1.807) is 11.3 Å². The molecule has 1 N–H and O–H groups in total. The Morgan fingerprint density at radius 3 is 2.95 bits per heavy atom. The molecule has 1 unspecified atom stereocenters. The number of carbonyl (C=O) groups is 1. The van der Waals surface area contributed by atoms with Crippen molar-refractivity contribution >= 4 is 17.2 Å². The Bertz CT molecular complexity index is 519. The molecular formula is C15H20N2OS. The van der Waals surface area contributed by atoms with Crippen LogP contribution in [0, 0.1) is 22.7 Å². The molecule has 0 aliphatic heterocycles. The van der Waals surface area contributed by atoms with Crippen molar-refractivity contribution in [1.29, 1.82) is 5.26 Å². The van der Waals surface area contributed by atoms with E-state index in [4.69, 9.17) is 5.26 Å². The number of rotatable bonds is 2. The summed E-state index contributed by atoms with van der Waals surface area (Å²) in [5.41, 5.74) is 1.65. The van der Waals surface area contributed by atoms with Crippen molar-refractivity contribution in [2.24, 2.45) is 11.3 Å². The summed E-state index contributed by atoms with van der Waals surface area (Å²) in [5.74, 6) is 0.567. The van der Waals surface area contributed by atoms with Crippen LogP contribution in [-0.4, -0.2) is 12.5 Å². The average molecular weight is 276 g/mol. The van der Waals surface area contributed by atoms with Crippen LogP contribution >= 0.6 is 11.3 Å². The van der Waals surface area contributed by atoms with Crippen molar-refractivity contribution in [3.8, 4) is 6.07 Å². The Labute approximate surface area is 118 Å². The summed E-state index contributed by atoms with van der Waals surface area (Å²) < 4.78 is 0. The second-order valence-corrected chi connectivity index (χ2v) is 7.34. The summed E-state index contributed by atoms with van der Waals surface area (Å²) in [6.07, 6.45) is 3.35. The Balaban J connectivity index is 2.13. The number of hydrogen-bond acceptors (Lipinski definition) is 3. The van der Waals surface area contributed by atoms with E-state index in [-0.39, 0.29) is 12.5 Å². The summed E-state index contributed by atoms with van der Waals surface area (Å²) in [6, 6.07) is 3.95. The van der Waals surface area contributed by atoms with Crippen LogP contribution in [0.5, 0.6) is 0 Å². The molecule has 2 rings (SSSR count). The van der Waals surface area contributed by atoms with Crippen molar-refractivity contribution < 1.29 is 4.79 Å². The normalized spacial score (nSPS) is 18.5. The Hall–Kier alpha value is -1.34. The zero-order valence-corrected chi connectivity index (χ0v) is 12.6. The third kappa shape index (κ3) is 3.16. The third-order valence-electron chi connectivity index (χ3n) is 3.86. The molecule has 1 heterocycles. The predicted octanol–water partition coefficient (Wildman–Crippen LogP) is 3.15. The maximum Gasteiger partial charge on any atom is 0.262 e. The number of aryl methyl sites for hydroxylation is 1. The van der Waals surface area contributed by atoms with Gasteiger partial charge in [0, 0.05) is 4.88 Å². The quantitative estimate of drug-likeness (QED) is 0.844. The largest absolute Gasteiger partial charge is 0.338 e. The lowest BCUT2D eigenvalue weighted by Crippen LogP contribution is -2.26. The molecule has 0 saturated heterocycles. The van der Waals surface area contributed by atoms with E-state index in [1.807, 2.05) is 12.1 Å². The second-order valence-electron chi connectivity index (χ2n) is 6.21. The van der Waals surface area contributed by atoms with Crippen LogP contribution in [0.2, 0.25) is 0 Å². The van der Waals surface area contributed by atoms with Crippen LogP contribution in [-0.2, 0) is 12.8 Å². The summed E-state index contributed by atoms with van der Waals surface area (Å²) in [5, 5.41) is 11.1. The number of hydrogen-bond donors (Lipinski definition) is 1. The number of amides is 1. The zero-order valence-electron chi connectivity index (χ0n) is 11.7. The predicted molar refractivity (Wildman–Crippen MR) is 77.2 cm³/mol. The maximum atomic E-state index is 11.8. The molecule has 0 spiro atoms. The standard InChI is InChI=1S/C15H20N2OS/c1-15(2,3)11-4-5-12-10(8-11)9-13(19-12)14(18)17-7-6-16/h9,11H,4-5,7-8H2,1-3H3,(H,17,18). The van der Waals surface area contributed by atoms with Crippen molar-refractivity contribution in [2.75, 3.05) is 6.54 Å². The minimum Gasteiger partial charge on any atom is -0.338 e. The van der Waals surface area contributed by atoms with E-state index in [9.17, 15) is 4.79 Å². The van der Waals surface area contributed by atoms with E-state index < -0.39 is 0 Å². The van der Waals surface area contributed by atoms with E-state index >= 15 is 0 Å². The topological polar surface area (TPSA) is 52.9 Å². The molecule has 19 heavy (non-hydrogen) atoms. The first-order chi connectivity index (χ1) is 8.91. The first kappa shape index (κ1) is 14.1. The van der Waals surface area contributed by atoms with Gasteiger partial charge in [-0.05, 0) is 42.2 Å². The number of thiophene rings is 1. The highest BCUT2D eigenvalue weighted by Gasteiger charge is 2.30. The van der Waals surface area contributed by atoms with Gasteiger partial charge in [-0.15, -0.1) is 11.3 Å². The molecule has 0 radical (unpaired) electrons. The average Bonchev–Trinajstić information content (AvgIpc) is 2.77. The van der Waals surface area contributed by atoms with Gasteiger partial charge in [-0.2, -0.15) is 5.26 Å². The molecular weight excluding hydrogens is 256 g/mol. The molecule has 4 heteroatoms. The number of carbonyl (C=O) groups excluding carboxylic acids is 1. The Kier molecular flexibility index (Phi) is 3.96. The summed E-state index contributed by atoms with van der Waals surface area (Å²) in [6.45, 7) is 6.94. The molecule has 0 bridgehead atoms. The lowest BCUT2D eigenvalue weighted by atomic mass is 9.72. The molecule has 1 aliphatic rings. The third-order valence-corrected chi connectivity index (χ3v) is 5.10. The van der Waals surface area contributed by atoms with Gasteiger partial charge in [0.15, 0.2) is 0 Å². The first-order valence-electron chi connectivity index (χ1n) is 6.68. The van der Waals surface area contributed by atoms with E-state index in [0.29, 0.717) is 11.3 Å². The van der Waals surface area contributed by atoms with Crippen molar-refractivity contribution in [3.05, 3.63) is 21.4 Å². The highest BCUT2D eigenvalue weighted by atomic mass is 32.1. The second kappa shape index (κ2) is 5.34. The Morgan fingerprint density at radius 1 is 1.58 bits per heavy atom. The zero-order chi connectivity index (χ0) is 14.0. The van der Waals surface area contributed by atoms with Gasteiger partial charge in [-0.25, -0.2) is 0 Å². The summed E-state index contributed by atoms with van der Waals surface area (Å²) >= 11 is 1.59. The molecule has 1 amide bonds. The van der Waals surface area contributed by atoms with Gasteiger partial charge < -0.3 is 5.32 Å². The molecule has 1 aromatic heterocycles. The summed E-state index contributed by atoms with van der Waals surface area (Å²) in [4.78, 5) is 13.9. The molecule has 0 aromatic carbocycles. The Morgan fingerprint density at radius 2 is 2.32 bits per heavy atom. The van der Waals surface area contributed by atoms with Gasteiger partial charge in [0.25, 0.3) is 5.91 Å². The highest BCUT2D eigenvalue weighted by molar-refractivity contribution is 7.14.